The third-order valence-electron chi connectivity index (χ3n) is 1.01. The third kappa shape index (κ3) is 4.91. The van der Waals surface area contributed by atoms with E-state index in [0.29, 0.717) is 0 Å². The van der Waals surface area contributed by atoms with Crippen molar-refractivity contribution in [3.63, 3.8) is 0 Å². The van der Waals surface area contributed by atoms with E-state index in [1.165, 1.54) is 6.92 Å². The Hall–Kier alpha value is -1.85. The Bertz CT molecular complexity index is 271. The van der Waals surface area contributed by atoms with E-state index in [4.69, 9.17) is 0 Å². The van der Waals surface area contributed by atoms with Crippen LogP contribution in [-0.2, 0) is 19.1 Å². The summed E-state index contributed by atoms with van der Waals surface area (Å²) in [7, 11) is 0. The number of nitrogens with one attached hydrogen (secondary N) is 1. The van der Waals surface area contributed by atoms with Gasteiger partial charge in [0.1, 0.15) is 5.70 Å². The number of rotatable bonds is 3. The molecule has 0 aliphatic carbocycles. The van der Waals surface area contributed by atoms with E-state index in [1.807, 2.05) is 0 Å². The molecule has 6 heteroatoms. The Morgan fingerprint density at radius 1 is 1.36 bits per heavy atom. The Balaban J connectivity index is 4.02. The second kappa shape index (κ2) is 5.74. The Labute approximate surface area is 80.9 Å². The standard InChI is InChI=1S/C8H11NO5/c1-4-13-8(12)14-7(11)5(2)9-6(3)10/h2,4H2,1,3H3,(H,9,10). The van der Waals surface area contributed by atoms with Gasteiger partial charge in [-0.25, -0.2) is 9.59 Å². The molecule has 0 atom stereocenters. The van der Waals surface area contributed by atoms with Crippen molar-refractivity contribution >= 4 is 18.0 Å². The molecule has 78 valence electrons. The highest BCUT2D eigenvalue weighted by Gasteiger charge is 2.15. The Kier molecular flexibility index (Phi) is 4.98. The number of hydrogen-bond donors (Lipinski definition) is 1. The zero-order valence-corrected chi connectivity index (χ0v) is 7.96. The van der Waals surface area contributed by atoms with Crippen molar-refractivity contribution in [3.05, 3.63) is 12.3 Å². The largest absolute Gasteiger partial charge is 0.516 e. The zero-order chi connectivity index (χ0) is 11.1. The molecule has 0 spiro atoms. The Morgan fingerprint density at radius 2 is 1.93 bits per heavy atom. The summed E-state index contributed by atoms with van der Waals surface area (Å²) in [6.45, 7) is 6.05. The lowest BCUT2D eigenvalue weighted by molar-refractivity contribution is -0.137. The number of hydrogen-bond acceptors (Lipinski definition) is 5. The van der Waals surface area contributed by atoms with Crippen molar-refractivity contribution < 1.29 is 23.9 Å². The summed E-state index contributed by atoms with van der Waals surface area (Å²) in [5.41, 5.74) is -0.314. The van der Waals surface area contributed by atoms with E-state index < -0.39 is 18.0 Å². The summed E-state index contributed by atoms with van der Waals surface area (Å²) in [6.07, 6.45) is -1.12. The van der Waals surface area contributed by atoms with Gasteiger partial charge in [-0.15, -0.1) is 0 Å². The minimum Gasteiger partial charge on any atom is -0.434 e. The molecule has 6 nitrogen and oxygen atoms in total. The molecule has 0 heterocycles. The number of carbonyl (C=O) groups excluding carboxylic acids is 3. The first-order chi connectivity index (χ1) is 6.47. The predicted molar refractivity (Wildman–Crippen MR) is 46.1 cm³/mol. The number of esters is 1. The van der Waals surface area contributed by atoms with Gasteiger partial charge in [0.2, 0.25) is 5.91 Å². The molecule has 0 aromatic heterocycles. The van der Waals surface area contributed by atoms with Gasteiger partial charge < -0.3 is 14.8 Å². The lowest BCUT2D eigenvalue weighted by Gasteiger charge is -2.04. The summed E-state index contributed by atoms with van der Waals surface area (Å²) in [5.74, 6) is -1.52. The minimum absolute atomic E-state index is 0.0960. The molecule has 1 amide bonds. The molecule has 14 heavy (non-hydrogen) atoms. The molecule has 0 rings (SSSR count). The molecule has 0 bridgehead atoms. The van der Waals surface area contributed by atoms with Crippen molar-refractivity contribution in [3.8, 4) is 0 Å². The van der Waals surface area contributed by atoms with Crippen LogP contribution in [0.15, 0.2) is 12.3 Å². The molecule has 0 saturated carbocycles. The Morgan fingerprint density at radius 3 is 2.36 bits per heavy atom. The fraction of sp³-hybridized carbons (Fsp3) is 0.375. The van der Waals surface area contributed by atoms with Gasteiger partial charge >= 0.3 is 12.1 Å². The van der Waals surface area contributed by atoms with Gasteiger partial charge in [0.25, 0.3) is 0 Å². The van der Waals surface area contributed by atoms with Crippen LogP contribution in [-0.4, -0.2) is 24.6 Å². The molecule has 0 aliphatic rings. The van der Waals surface area contributed by atoms with Crippen molar-refractivity contribution in [2.75, 3.05) is 6.61 Å². The van der Waals surface area contributed by atoms with Gasteiger partial charge in [0.05, 0.1) is 6.61 Å². The van der Waals surface area contributed by atoms with Gasteiger partial charge in [0.15, 0.2) is 0 Å². The molecule has 0 fully saturated rings. The average molecular weight is 201 g/mol. The monoisotopic (exact) mass is 201 g/mol. The summed E-state index contributed by atoms with van der Waals surface area (Å²) in [4.78, 5) is 32.0. The van der Waals surface area contributed by atoms with Crippen molar-refractivity contribution in [2.24, 2.45) is 0 Å². The van der Waals surface area contributed by atoms with E-state index in [0.717, 1.165) is 0 Å². The highest BCUT2D eigenvalue weighted by molar-refractivity contribution is 5.96. The second-order valence-corrected chi connectivity index (χ2v) is 2.23. The molecule has 0 aliphatic heterocycles. The van der Waals surface area contributed by atoms with E-state index in [-0.39, 0.29) is 12.3 Å². The highest BCUT2D eigenvalue weighted by atomic mass is 16.7. The number of ether oxygens (including phenoxy) is 2. The van der Waals surface area contributed by atoms with Crippen LogP contribution in [0.25, 0.3) is 0 Å². The summed E-state index contributed by atoms with van der Waals surface area (Å²) < 4.78 is 8.47. The molecule has 0 saturated heterocycles. The van der Waals surface area contributed by atoms with E-state index >= 15 is 0 Å². The first-order valence-electron chi connectivity index (χ1n) is 3.82. The average Bonchev–Trinajstić information content (AvgIpc) is 2.02. The first kappa shape index (κ1) is 12.2. The molecular weight excluding hydrogens is 190 g/mol. The smallest absolute Gasteiger partial charge is 0.434 e. The molecule has 0 aromatic carbocycles. The lowest BCUT2D eigenvalue weighted by Crippen LogP contribution is -2.27. The molecular formula is C8H11NO5. The first-order valence-corrected chi connectivity index (χ1v) is 3.82. The van der Waals surface area contributed by atoms with Crippen molar-refractivity contribution in [2.45, 2.75) is 13.8 Å². The van der Waals surface area contributed by atoms with E-state index in [9.17, 15) is 14.4 Å². The zero-order valence-electron chi connectivity index (χ0n) is 7.96. The molecule has 1 N–H and O–H groups in total. The summed E-state index contributed by atoms with van der Waals surface area (Å²) in [6, 6.07) is 0. The lowest BCUT2D eigenvalue weighted by atomic mass is 10.5. The van der Waals surface area contributed by atoms with E-state index in [1.54, 1.807) is 6.92 Å². The van der Waals surface area contributed by atoms with Gasteiger partial charge in [-0.2, -0.15) is 0 Å². The van der Waals surface area contributed by atoms with E-state index in [2.05, 4.69) is 21.4 Å². The topological polar surface area (TPSA) is 81.7 Å². The van der Waals surface area contributed by atoms with Crippen molar-refractivity contribution in [1.82, 2.24) is 5.32 Å². The summed E-state index contributed by atoms with van der Waals surface area (Å²) >= 11 is 0. The SMILES string of the molecule is C=C(NC(C)=O)C(=O)OC(=O)OCC. The fourth-order valence-electron chi connectivity index (χ4n) is 0.548. The molecule has 0 aromatic rings. The molecule has 0 radical (unpaired) electrons. The van der Waals surface area contributed by atoms with Crippen LogP contribution < -0.4 is 5.32 Å². The van der Waals surface area contributed by atoms with Gasteiger partial charge in [-0.1, -0.05) is 6.58 Å². The minimum atomic E-state index is -1.12. The second-order valence-electron chi connectivity index (χ2n) is 2.23. The van der Waals surface area contributed by atoms with Crippen molar-refractivity contribution in [1.29, 1.82) is 0 Å². The maximum Gasteiger partial charge on any atom is 0.516 e. The number of carbonyl (C=O) groups is 3. The van der Waals surface area contributed by atoms with Crippen LogP contribution in [0.2, 0.25) is 0 Å². The predicted octanol–water partition coefficient (Wildman–Crippen LogP) is 0.336. The maximum atomic E-state index is 10.9. The van der Waals surface area contributed by atoms with Gasteiger partial charge in [0, 0.05) is 6.92 Å². The third-order valence-corrected chi connectivity index (χ3v) is 1.01. The quantitative estimate of drug-likeness (QED) is 0.404. The molecule has 0 unspecified atom stereocenters. The summed E-state index contributed by atoms with van der Waals surface area (Å²) in [5, 5.41) is 2.07. The van der Waals surface area contributed by atoms with Crippen LogP contribution in [0.5, 0.6) is 0 Å². The van der Waals surface area contributed by atoms with Crippen LogP contribution >= 0.6 is 0 Å². The van der Waals surface area contributed by atoms with Gasteiger partial charge in [-0.3, -0.25) is 4.79 Å². The van der Waals surface area contributed by atoms with Crippen LogP contribution in [0.1, 0.15) is 13.8 Å². The maximum absolute atomic E-state index is 10.9. The van der Waals surface area contributed by atoms with Gasteiger partial charge in [-0.05, 0) is 6.92 Å². The normalized spacial score (nSPS) is 8.71. The van der Waals surface area contributed by atoms with Crippen LogP contribution in [0, 0.1) is 0 Å². The van der Waals surface area contributed by atoms with Crippen LogP contribution in [0.3, 0.4) is 0 Å². The van der Waals surface area contributed by atoms with Crippen LogP contribution in [0.4, 0.5) is 4.79 Å². The highest BCUT2D eigenvalue weighted by Crippen LogP contribution is 1.93. The number of amides is 1. The fourth-order valence-corrected chi connectivity index (χ4v) is 0.548.